The molecule has 0 aliphatic carbocycles. The van der Waals surface area contributed by atoms with Gasteiger partial charge < -0.3 is 9.72 Å². The van der Waals surface area contributed by atoms with Crippen LogP contribution >= 0.6 is 12.2 Å². The molecule has 0 aliphatic rings. The fourth-order valence-electron chi connectivity index (χ4n) is 2.45. The van der Waals surface area contributed by atoms with Gasteiger partial charge in [0.1, 0.15) is 5.75 Å². The molecular formula is C18H24N2O2S. The number of H-pyrrole nitrogens is 2. The maximum atomic E-state index is 12.2. The van der Waals surface area contributed by atoms with E-state index in [-0.39, 0.29) is 5.56 Å². The van der Waals surface area contributed by atoms with Crippen LogP contribution in [0.25, 0.3) is 0 Å². The first-order valence-electron chi connectivity index (χ1n) is 8.20. The largest absolute Gasteiger partial charge is 0.494 e. The molecule has 0 saturated carbocycles. The van der Waals surface area contributed by atoms with E-state index in [1.54, 1.807) is 0 Å². The van der Waals surface area contributed by atoms with Crippen LogP contribution in [-0.2, 0) is 12.8 Å². The van der Waals surface area contributed by atoms with E-state index in [1.165, 1.54) is 0 Å². The van der Waals surface area contributed by atoms with Gasteiger partial charge in [0.05, 0.1) is 6.61 Å². The quantitative estimate of drug-likeness (QED) is 0.564. The van der Waals surface area contributed by atoms with Gasteiger partial charge in [0.2, 0.25) is 0 Å². The van der Waals surface area contributed by atoms with Gasteiger partial charge in [0.25, 0.3) is 5.56 Å². The molecule has 0 atom stereocenters. The Hall–Kier alpha value is -1.88. The first kappa shape index (κ1) is 17.5. The van der Waals surface area contributed by atoms with Gasteiger partial charge in [-0.15, -0.1) is 0 Å². The zero-order valence-corrected chi connectivity index (χ0v) is 14.6. The van der Waals surface area contributed by atoms with Gasteiger partial charge >= 0.3 is 0 Å². The predicted octanol–water partition coefficient (Wildman–Crippen LogP) is 4.15. The molecule has 124 valence electrons. The van der Waals surface area contributed by atoms with Crippen molar-refractivity contribution in [2.75, 3.05) is 6.61 Å². The molecule has 2 N–H and O–H groups in total. The van der Waals surface area contributed by atoms with Gasteiger partial charge in [-0.3, -0.25) is 9.78 Å². The maximum absolute atomic E-state index is 12.2. The molecule has 0 unspecified atom stereocenters. The molecule has 2 rings (SSSR count). The van der Waals surface area contributed by atoms with Crippen molar-refractivity contribution < 1.29 is 4.74 Å². The Kier molecular flexibility index (Phi) is 6.59. The Labute approximate surface area is 141 Å². The number of benzene rings is 1. The number of aromatic nitrogens is 2. The summed E-state index contributed by atoms with van der Waals surface area (Å²) in [4.78, 5) is 18.0. The van der Waals surface area contributed by atoms with E-state index in [4.69, 9.17) is 17.0 Å². The molecule has 23 heavy (non-hydrogen) atoms. The minimum Gasteiger partial charge on any atom is -0.494 e. The Morgan fingerprint density at radius 2 is 1.83 bits per heavy atom. The van der Waals surface area contributed by atoms with Crippen molar-refractivity contribution in [1.82, 2.24) is 9.97 Å². The maximum Gasteiger partial charge on any atom is 0.255 e. The van der Waals surface area contributed by atoms with Crippen molar-refractivity contribution in [2.24, 2.45) is 0 Å². The standard InChI is InChI=1S/C18H24N2O2S/c1-3-5-11-22-14-9-7-13(8-10-14)12-15-16(6-4-2)19-18(23)20-17(15)21/h7-10H,3-6,11-12H2,1-2H3,(H2,19,20,21,23). The normalized spacial score (nSPS) is 10.7. The summed E-state index contributed by atoms with van der Waals surface area (Å²) in [6.07, 6.45) is 4.55. The second kappa shape index (κ2) is 8.67. The number of aromatic amines is 2. The molecule has 4 nitrogen and oxygen atoms in total. The molecule has 0 spiro atoms. The lowest BCUT2D eigenvalue weighted by atomic mass is 10.0. The van der Waals surface area contributed by atoms with Crippen molar-refractivity contribution in [3.8, 4) is 5.75 Å². The summed E-state index contributed by atoms with van der Waals surface area (Å²) in [6.45, 7) is 4.97. The summed E-state index contributed by atoms with van der Waals surface area (Å²) < 4.78 is 6.06. The molecular weight excluding hydrogens is 308 g/mol. The average molecular weight is 332 g/mol. The zero-order chi connectivity index (χ0) is 16.7. The van der Waals surface area contributed by atoms with Crippen LogP contribution in [0.3, 0.4) is 0 Å². The molecule has 0 amide bonds. The Morgan fingerprint density at radius 3 is 2.48 bits per heavy atom. The minimum absolute atomic E-state index is 0.0968. The van der Waals surface area contributed by atoms with E-state index >= 15 is 0 Å². The lowest BCUT2D eigenvalue weighted by Gasteiger charge is -2.09. The molecule has 0 saturated heterocycles. The van der Waals surface area contributed by atoms with Gasteiger partial charge in [-0.2, -0.15) is 0 Å². The van der Waals surface area contributed by atoms with Gasteiger partial charge in [0.15, 0.2) is 4.77 Å². The second-order valence-corrected chi connectivity index (χ2v) is 6.05. The highest BCUT2D eigenvalue weighted by Gasteiger charge is 2.09. The summed E-state index contributed by atoms with van der Waals surface area (Å²) >= 11 is 5.07. The average Bonchev–Trinajstić information content (AvgIpc) is 2.53. The molecule has 0 radical (unpaired) electrons. The predicted molar refractivity (Wildman–Crippen MR) is 95.9 cm³/mol. The Bertz CT molecular complexity index is 732. The number of ether oxygens (including phenoxy) is 1. The van der Waals surface area contributed by atoms with Crippen molar-refractivity contribution in [3.05, 3.63) is 56.2 Å². The van der Waals surface area contributed by atoms with Crippen LogP contribution in [0.1, 0.15) is 49.9 Å². The van der Waals surface area contributed by atoms with E-state index in [1.807, 2.05) is 24.3 Å². The second-order valence-electron chi connectivity index (χ2n) is 5.64. The Morgan fingerprint density at radius 1 is 1.09 bits per heavy atom. The third-order valence-electron chi connectivity index (χ3n) is 3.70. The number of hydrogen-bond acceptors (Lipinski definition) is 3. The first-order valence-corrected chi connectivity index (χ1v) is 8.61. The van der Waals surface area contributed by atoms with Gasteiger partial charge in [-0.25, -0.2) is 0 Å². The molecule has 5 heteroatoms. The number of hydrogen-bond donors (Lipinski definition) is 2. The van der Waals surface area contributed by atoms with Crippen LogP contribution in [0, 0.1) is 4.77 Å². The third-order valence-corrected chi connectivity index (χ3v) is 3.90. The number of unbranched alkanes of at least 4 members (excludes halogenated alkanes) is 1. The van der Waals surface area contributed by atoms with Crippen molar-refractivity contribution >= 4 is 12.2 Å². The lowest BCUT2D eigenvalue weighted by Crippen LogP contribution is -2.18. The molecule has 1 aromatic carbocycles. The van der Waals surface area contributed by atoms with Crippen LogP contribution in [0.4, 0.5) is 0 Å². The van der Waals surface area contributed by atoms with Gasteiger partial charge in [-0.05, 0) is 42.8 Å². The fourth-order valence-corrected chi connectivity index (χ4v) is 2.67. The summed E-state index contributed by atoms with van der Waals surface area (Å²) in [5.74, 6) is 0.873. The third kappa shape index (κ3) is 5.06. The monoisotopic (exact) mass is 332 g/mol. The van der Waals surface area contributed by atoms with Crippen LogP contribution in [0.15, 0.2) is 29.1 Å². The first-order chi connectivity index (χ1) is 11.1. The highest BCUT2D eigenvalue weighted by Crippen LogP contribution is 2.16. The topological polar surface area (TPSA) is 57.9 Å². The van der Waals surface area contributed by atoms with E-state index in [2.05, 4.69) is 23.8 Å². The van der Waals surface area contributed by atoms with E-state index in [9.17, 15) is 4.79 Å². The molecule has 2 aromatic rings. The summed E-state index contributed by atoms with van der Waals surface area (Å²) in [7, 11) is 0. The highest BCUT2D eigenvalue weighted by atomic mass is 32.1. The van der Waals surface area contributed by atoms with E-state index < -0.39 is 0 Å². The van der Waals surface area contributed by atoms with Crippen molar-refractivity contribution in [1.29, 1.82) is 0 Å². The van der Waals surface area contributed by atoms with E-state index in [0.29, 0.717) is 11.2 Å². The van der Waals surface area contributed by atoms with Crippen LogP contribution in [-0.4, -0.2) is 16.6 Å². The molecule has 1 aromatic heterocycles. The molecule has 1 heterocycles. The van der Waals surface area contributed by atoms with Crippen molar-refractivity contribution in [3.63, 3.8) is 0 Å². The Balaban J connectivity index is 2.16. The number of rotatable bonds is 8. The molecule has 0 fully saturated rings. The van der Waals surface area contributed by atoms with Crippen LogP contribution < -0.4 is 10.3 Å². The number of aryl methyl sites for hydroxylation is 1. The van der Waals surface area contributed by atoms with Gasteiger partial charge in [0, 0.05) is 17.7 Å². The smallest absolute Gasteiger partial charge is 0.255 e. The summed E-state index contributed by atoms with van der Waals surface area (Å²) in [6, 6.07) is 7.95. The van der Waals surface area contributed by atoms with Crippen LogP contribution in [0.5, 0.6) is 5.75 Å². The zero-order valence-electron chi connectivity index (χ0n) is 13.8. The van der Waals surface area contributed by atoms with Crippen LogP contribution in [0.2, 0.25) is 0 Å². The van der Waals surface area contributed by atoms with Crippen molar-refractivity contribution in [2.45, 2.75) is 46.0 Å². The summed E-state index contributed by atoms with van der Waals surface area (Å²) in [5.41, 5.74) is 2.69. The van der Waals surface area contributed by atoms with Gasteiger partial charge in [-0.1, -0.05) is 38.8 Å². The van der Waals surface area contributed by atoms with E-state index in [0.717, 1.165) is 54.9 Å². The summed E-state index contributed by atoms with van der Waals surface area (Å²) in [5, 5.41) is 0. The molecule has 0 bridgehead atoms. The molecule has 0 aliphatic heterocycles. The fraction of sp³-hybridized carbons (Fsp3) is 0.444. The lowest BCUT2D eigenvalue weighted by molar-refractivity contribution is 0.309. The highest BCUT2D eigenvalue weighted by molar-refractivity contribution is 7.71. The number of nitrogens with one attached hydrogen (secondary N) is 2. The SMILES string of the molecule is CCCCOc1ccc(Cc2c(CCC)[nH]c(=S)[nH]c2=O)cc1. The minimum atomic E-state index is -0.0968.